The first kappa shape index (κ1) is 15.8. The molecule has 1 saturated heterocycles. The lowest BCUT2D eigenvalue weighted by atomic mass is 10.1. The van der Waals surface area contributed by atoms with E-state index < -0.39 is 10.0 Å². The van der Waals surface area contributed by atoms with Crippen LogP contribution in [0.15, 0.2) is 23.1 Å². The van der Waals surface area contributed by atoms with Crippen LogP contribution >= 0.6 is 11.6 Å². The molecule has 0 amide bonds. The molecule has 1 atom stereocenters. The van der Waals surface area contributed by atoms with Crippen LogP contribution in [-0.2, 0) is 14.8 Å². The normalized spacial score (nSPS) is 22.0. The van der Waals surface area contributed by atoms with Crippen LogP contribution < -0.4 is 0 Å². The lowest BCUT2D eigenvalue weighted by molar-refractivity contribution is 0.180. The van der Waals surface area contributed by atoms with Gasteiger partial charge in [0.1, 0.15) is 6.07 Å². The molecule has 3 rings (SSSR count). The van der Waals surface area contributed by atoms with E-state index >= 15 is 0 Å². The SMILES string of the molecule is N#Cc1ccc(S(=O)(=O)N(C[C@H]2CCOC2)C2CC2)cc1Cl. The fraction of sp³-hybridized carbons (Fsp3) is 0.533. The van der Waals surface area contributed by atoms with Gasteiger partial charge < -0.3 is 4.74 Å². The number of rotatable bonds is 5. The Labute approximate surface area is 135 Å². The van der Waals surface area contributed by atoms with E-state index in [-0.39, 0.29) is 27.4 Å². The van der Waals surface area contributed by atoms with Crippen LogP contribution in [0, 0.1) is 17.2 Å². The number of halogens is 1. The van der Waals surface area contributed by atoms with Crippen molar-refractivity contribution in [3.8, 4) is 6.07 Å². The number of benzene rings is 1. The molecule has 1 aromatic rings. The van der Waals surface area contributed by atoms with Crippen molar-refractivity contribution in [2.24, 2.45) is 5.92 Å². The van der Waals surface area contributed by atoms with E-state index in [1.165, 1.54) is 18.2 Å². The molecule has 2 fully saturated rings. The highest BCUT2D eigenvalue weighted by Crippen LogP contribution is 2.34. The molecule has 0 aromatic heterocycles. The molecule has 1 aliphatic heterocycles. The van der Waals surface area contributed by atoms with Gasteiger partial charge in [0.05, 0.1) is 22.1 Å². The van der Waals surface area contributed by atoms with E-state index in [1.807, 2.05) is 6.07 Å². The van der Waals surface area contributed by atoms with Gasteiger partial charge >= 0.3 is 0 Å². The molecule has 1 heterocycles. The number of hydrogen-bond acceptors (Lipinski definition) is 4. The molecule has 1 saturated carbocycles. The van der Waals surface area contributed by atoms with Crippen molar-refractivity contribution in [2.75, 3.05) is 19.8 Å². The molecule has 0 spiro atoms. The van der Waals surface area contributed by atoms with Gasteiger partial charge in [-0.05, 0) is 43.4 Å². The van der Waals surface area contributed by atoms with E-state index in [0.717, 1.165) is 19.3 Å². The first-order chi connectivity index (χ1) is 10.5. The Morgan fingerprint density at radius 2 is 2.14 bits per heavy atom. The molecular formula is C15H17ClN2O3S. The van der Waals surface area contributed by atoms with Crippen molar-refractivity contribution in [2.45, 2.75) is 30.2 Å². The van der Waals surface area contributed by atoms with Crippen LogP contribution in [-0.4, -0.2) is 38.5 Å². The van der Waals surface area contributed by atoms with E-state index in [1.54, 1.807) is 4.31 Å². The van der Waals surface area contributed by atoms with Gasteiger partial charge in [-0.3, -0.25) is 0 Å². The maximum Gasteiger partial charge on any atom is 0.243 e. The summed E-state index contributed by atoms with van der Waals surface area (Å²) in [6, 6.07) is 6.31. The monoisotopic (exact) mass is 340 g/mol. The Hall–Kier alpha value is -1.13. The van der Waals surface area contributed by atoms with E-state index in [4.69, 9.17) is 21.6 Å². The zero-order valence-electron chi connectivity index (χ0n) is 12.0. The zero-order valence-corrected chi connectivity index (χ0v) is 13.6. The average Bonchev–Trinajstić information content (AvgIpc) is 3.20. The molecule has 5 nitrogen and oxygen atoms in total. The number of nitrogens with zero attached hydrogens (tertiary/aromatic N) is 2. The number of hydrogen-bond donors (Lipinski definition) is 0. The molecule has 0 radical (unpaired) electrons. The lowest BCUT2D eigenvalue weighted by Crippen LogP contribution is -2.37. The Morgan fingerprint density at radius 1 is 1.36 bits per heavy atom. The highest BCUT2D eigenvalue weighted by molar-refractivity contribution is 7.89. The summed E-state index contributed by atoms with van der Waals surface area (Å²) in [4.78, 5) is 0.155. The van der Waals surface area contributed by atoms with Crippen molar-refractivity contribution in [3.63, 3.8) is 0 Å². The first-order valence-corrected chi connectivity index (χ1v) is 9.13. The summed E-state index contributed by atoms with van der Waals surface area (Å²) in [6.07, 6.45) is 2.69. The molecule has 118 valence electrons. The summed E-state index contributed by atoms with van der Waals surface area (Å²) in [7, 11) is -3.59. The molecule has 1 aliphatic carbocycles. The van der Waals surface area contributed by atoms with Crippen molar-refractivity contribution < 1.29 is 13.2 Å². The Balaban J connectivity index is 1.88. The second-order valence-electron chi connectivity index (χ2n) is 5.79. The third-order valence-corrected chi connectivity index (χ3v) is 6.31. The number of ether oxygens (including phenoxy) is 1. The van der Waals surface area contributed by atoms with Gasteiger partial charge in [-0.2, -0.15) is 9.57 Å². The van der Waals surface area contributed by atoms with E-state index in [9.17, 15) is 8.42 Å². The van der Waals surface area contributed by atoms with Crippen LogP contribution in [0.1, 0.15) is 24.8 Å². The topological polar surface area (TPSA) is 70.4 Å². The second-order valence-corrected chi connectivity index (χ2v) is 8.09. The molecule has 7 heteroatoms. The zero-order chi connectivity index (χ0) is 15.7. The minimum absolute atomic E-state index is 0.0834. The summed E-state index contributed by atoms with van der Waals surface area (Å²) < 4.78 is 32.7. The van der Waals surface area contributed by atoms with Gasteiger partial charge in [0, 0.05) is 19.2 Å². The van der Waals surface area contributed by atoms with Crippen LogP contribution in [0.25, 0.3) is 0 Å². The average molecular weight is 341 g/mol. The predicted molar refractivity (Wildman–Crippen MR) is 82.0 cm³/mol. The lowest BCUT2D eigenvalue weighted by Gasteiger charge is -2.24. The fourth-order valence-electron chi connectivity index (χ4n) is 2.67. The molecular weight excluding hydrogens is 324 g/mol. The van der Waals surface area contributed by atoms with Gasteiger partial charge in [0.15, 0.2) is 0 Å². The van der Waals surface area contributed by atoms with Gasteiger partial charge in [-0.25, -0.2) is 8.42 Å². The summed E-state index contributed by atoms with van der Waals surface area (Å²) in [6.45, 7) is 1.81. The molecule has 22 heavy (non-hydrogen) atoms. The fourth-order valence-corrected chi connectivity index (χ4v) is 4.75. The third-order valence-electron chi connectivity index (χ3n) is 4.08. The van der Waals surface area contributed by atoms with Crippen molar-refractivity contribution in [1.29, 1.82) is 5.26 Å². The Kier molecular flexibility index (Phi) is 4.42. The van der Waals surface area contributed by atoms with E-state index in [2.05, 4.69) is 0 Å². The van der Waals surface area contributed by atoms with Crippen LogP contribution in [0.2, 0.25) is 5.02 Å². The van der Waals surface area contributed by atoms with E-state index in [0.29, 0.717) is 19.8 Å². The van der Waals surface area contributed by atoms with Crippen molar-refractivity contribution in [3.05, 3.63) is 28.8 Å². The van der Waals surface area contributed by atoms with Crippen molar-refractivity contribution >= 4 is 21.6 Å². The summed E-state index contributed by atoms with van der Waals surface area (Å²) in [5.41, 5.74) is 0.280. The third kappa shape index (κ3) is 3.13. The smallest absolute Gasteiger partial charge is 0.243 e. The molecule has 0 bridgehead atoms. The van der Waals surface area contributed by atoms with Crippen LogP contribution in [0.4, 0.5) is 0 Å². The van der Waals surface area contributed by atoms with Crippen LogP contribution in [0.3, 0.4) is 0 Å². The highest BCUT2D eigenvalue weighted by atomic mass is 35.5. The molecule has 1 aromatic carbocycles. The number of nitriles is 1. The summed E-state index contributed by atoms with van der Waals surface area (Å²) in [5.74, 6) is 0.254. The van der Waals surface area contributed by atoms with Gasteiger partial charge in [0.2, 0.25) is 10.0 Å². The predicted octanol–water partition coefficient (Wildman–Crippen LogP) is 2.40. The number of sulfonamides is 1. The Morgan fingerprint density at radius 3 is 2.68 bits per heavy atom. The second kappa shape index (κ2) is 6.17. The maximum absolute atomic E-state index is 12.9. The van der Waals surface area contributed by atoms with Gasteiger partial charge in [0.25, 0.3) is 0 Å². The summed E-state index contributed by atoms with van der Waals surface area (Å²) >= 11 is 5.98. The molecule has 0 unspecified atom stereocenters. The maximum atomic E-state index is 12.9. The van der Waals surface area contributed by atoms with Gasteiger partial charge in [-0.1, -0.05) is 11.6 Å². The minimum Gasteiger partial charge on any atom is -0.381 e. The standard InChI is InChI=1S/C15H17ClN2O3S/c16-15-7-14(4-1-12(15)8-17)22(19,20)18(13-2-3-13)9-11-5-6-21-10-11/h1,4,7,11,13H,2-3,5-6,9-10H2/t11-/m1/s1. The summed E-state index contributed by atoms with van der Waals surface area (Å²) in [5, 5.41) is 9.07. The quantitative estimate of drug-likeness (QED) is 0.825. The van der Waals surface area contributed by atoms with Crippen molar-refractivity contribution in [1.82, 2.24) is 4.31 Å². The minimum atomic E-state index is -3.59. The Bertz CT molecular complexity index is 704. The molecule has 0 N–H and O–H groups in total. The van der Waals surface area contributed by atoms with Gasteiger partial charge in [-0.15, -0.1) is 0 Å². The highest BCUT2D eigenvalue weighted by Gasteiger charge is 2.39. The molecule has 2 aliphatic rings. The largest absolute Gasteiger partial charge is 0.381 e. The van der Waals surface area contributed by atoms with Crippen LogP contribution in [0.5, 0.6) is 0 Å². The first-order valence-electron chi connectivity index (χ1n) is 7.31.